The van der Waals surface area contributed by atoms with Crippen LogP contribution in [0.5, 0.6) is 0 Å². The highest BCUT2D eigenvalue weighted by Crippen LogP contribution is 2.27. The van der Waals surface area contributed by atoms with E-state index in [0.29, 0.717) is 0 Å². The fourth-order valence-electron chi connectivity index (χ4n) is 3.19. The van der Waals surface area contributed by atoms with Crippen molar-refractivity contribution in [3.05, 3.63) is 30.1 Å². The first-order valence-electron chi connectivity index (χ1n) is 8.29. The van der Waals surface area contributed by atoms with Crippen LogP contribution in [-0.2, 0) is 4.79 Å². The number of amides is 3. The van der Waals surface area contributed by atoms with Gasteiger partial charge in [-0.15, -0.1) is 0 Å². The molecule has 7 heteroatoms. The topological polar surface area (TPSA) is 90.1 Å². The standard InChI is InChI=1S/C17H23N5O2/c1-11(16(23)21-17(24)18-2)22-9-5-6-12(10-22)15-19-13-7-3-4-8-14(13)20-15/h3-4,7-8,11-12H,5-6,9-10H2,1-2H3,(H,19,20)(H2,18,21,23,24)/t11-,12+/m0/s1. The number of carbonyl (C=O) groups excluding carboxylic acids is 2. The minimum atomic E-state index is -0.474. The number of nitrogens with one attached hydrogen (secondary N) is 3. The van der Waals surface area contributed by atoms with Crippen molar-refractivity contribution in [2.45, 2.75) is 31.7 Å². The number of fused-ring (bicyclic) bond motifs is 1. The molecule has 3 rings (SSSR count). The molecule has 3 N–H and O–H groups in total. The second-order valence-electron chi connectivity index (χ2n) is 6.22. The van der Waals surface area contributed by atoms with E-state index in [-0.39, 0.29) is 17.9 Å². The molecule has 1 aromatic carbocycles. The zero-order valence-electron chi connectivity index (χ0n) is 14.0. The molecular weight excluding hydrogens is 306 g/mol. The van der Waals surface area contributed by atoms with Gasteiger partial charge in [0, 0.05) is 19.5 Å². The average molecular weight is 329 g/mol. The molecule has 0 unspecified atom stereocenters. The second kappa shape index (κ2) is 7.00. The lowest BCUT2D eigenvalue weighted by Gasteiger charge is -2.35. The number of urea groups is 1. The van der Waals surface area contributed by atoms with Crippen LogP contribution < -0.4 is 10.6 Å². The summed E-state index contributed by atoms with van der Waals surface area (Å²) in [5, 5.41) is 4.75. The Labute approximate surface area is 140 Å². The number of rotatable bonds is 3. The van der Waals surface area contributed by atoms with E-state index in [1.807, 2.05) is 31.2 Å². The Morgan fingerprint density at radius 3 is 2.92 bits per heavy atom. The lowest BCUT2D eigenvalue weighted by atomic mass is 9.96. The molecule has 1 aromatic heterocycles. The summed E-state index contributed by atoms with van der Waals surface area (Å²) in [7, 11) is 1.49. The van der Waals surface area contributed by atoms with Gasteiger partial charge in [0.2, 0.25) is 5.91 Å². The van der Waals surface area contributed by atoms with E-state index in [9.17, 15) is 9.59 Å². The quantitative estimate of drug-likeness (QED) is 0.797. The number of likely N-dealkylation sites (tertiary alicyclic amines) is 1. The summed E-state index contributed by atoms with van der Waals surface area (Å²) in [6, 6.07) is 7.15. The van der Waals surface area contributed by atoms with E-state index in [0.717, 1.165) is 42.8 Å². The summed E-state index contributed by atoms with van der Waals surface area (Å²) in [6.07, 6.45) is 2.04. The Kier molecular flexibility index (Phi) is 4.80. The molecule has 2 aromatic rings. The molecule has 7 nitrogen and oxygen atoms in total. The van der Waals surface area contributed by atoms with Crippen molar-refractivity contribution >= 4 is 23.0 Å². The number of nitrogens with zero attached hydrogens (tertiary/aromatic N) is 2. The van der Waals surface area contributed by atoms with Crippen molar-refractivity contribution in [2.24, 2.45) is 0 Å². The molecule has 1 aliphatic rings. The zero-order chi connectivity index (χ0) is 17.1. The summed E-state index contributed by atoms with van der Waals surface area (Å²) in [5.74, 6) is 0.959. The molecule has 1 aliphatic heterocycles. The predicted molar refractivity (Wildman–Crippen MR) is 91.7 cm³/mol. The van der Waals surface area contributed by atoms with Crippen LogP contribution in [0.4, 0.5) is 4.79 Å². The number of H-pyrrole nitrogens is 1. The smallest absolute Gasteiger partial charge is 0.321 e. The molecule has 2 heterocycles. The highest BCUT2D eigenvalue weighted by molar-refractivity contribution is 5.96. The number of hydrogen-bond donors (Lipinski definition) is 3. The lowest BCUT2D eigenvalue weighted by molar-refractivity contribution is -0.125. The Morgan fingerprint density at radius 2 is 2.17 bits per heavy atom. The van der Waals surface area contributed by atoms with E-state index >= 15 is 0 Å². The molecule has 0 bridgehead atoms. The lowest BCUT2D eigenvalue weighted by Crippen LogP contribution is -2.51. The number of aromatic amines is 1. The van der Waals surface area contributed by atoms with Crippen LogP contribution in [-0.4, -0.2) is 53.0 Å². The number of hydrogen-bond acceptors (Lipinski definition) is 4. The molecule has 1 saturated heterocycles. The Balaban J connectivity index is 1.69. The van der Waals surface area contributed by atoms with Gasteiger partial charge in [-0.1, -0.05) is 12.1 Å². The maximum Gasteiger partial charge on any atom is 0.321 e. The third-order valence-electron chi connectivity index (χ3n) is 4.64. The van der Waals surface area contributed by atoms with Gasteiger partial charge in [0.15, 0.2) is 0 Å². The van der Waals surface area contributed by atoms with Crippen molar-refractivity contribution in [2.75, 3.05) is 20.1 Å². The average Bonchev–Trinajstić information content (AvgIpc) is 3.05. The van der Waals surface area contributed by atoms with Gasteiger partial charge in [0.05, 0.1) is 17.1 Å². The summed E-state index contributed by atoms with van der Waals surface area (Å²) in [5.41, 5.74) is 2.00. The highest BCUT2D eigenvalue weighted by Gasteiger charge is 2.30. The Hall–Kier alpha value is -2.41. The number of carbonyl (C=O) groups is 2. The van der Waals surface area contributed by atoms with Crippen LogP contribution in [0, 0.1) is 0 Å². The maximum absolute atomic E-state index is 12.2. The number of piperidine rings is 1. The van der Waals surface area contributed by atoms with Crippen LogP contribution in [0.25, 0.3) is 11.0 Å². The van der Waals surface area contributed by atoms with Gasteiger partial charge < -0.3 is 10.3 Å². The maximum atomic E-state index is 12.2. The van der Waals surface area contributed by atoms with Crippen molar-refractivity contribution in [1.82, 2.24) is 25.5 Å². The Morgan fingerprint density at radius 1 is 1.38 bits per heavy atom. The number of imidazole rings is 1. The van der Waals surface area contributed by atoms with Crippen LogP contribution in [0.1, 0.15) is 31.5 Å². The van der Waals surface area contributed by atoms with Gasteiger partial charge >= 0.3 is 6.03 Å². The third-order valence-corrected chi connectivity index (χ3v) is 4.64. The van der Waals surface area contributed by atoms with Crippen LogP contribution in [0.3, 0.4) is 0 Å². The van der Waals surface area contributed by atoms with Crippen molar-refractivity contribution < 1.29 is 9.59 Å². The minimum Gasteiger partial charge on any atom is -0.342 e. The molecule has 1 fully saturated rings. The van der Waals surface area contributed by atoms with E-state index in [1.54, 1.807) is 0 Å². The van der Waals surface area contributed by atoms with Crippen molar-refractivity contribution in [3.8, 4) is 0 Å². The number of aromatic nitrogens is 2. The first-order chi connectivity index (χ1) is 11.6. The molecular formula is C17H23N5O2. The molecule has 0 spiro atoms. The van der Waals surface area contributed by atoms with Crippen LogP contribution >= 0.6 is 0 Å². The molecule has 2 atom stereocenters. The molecule has 3 amide bonds. The molecule has 0 aliphatic carbocycles. The summed E-state index contributed by atoms with van der Waals surface area (Å²) < 4.78 is 0. The third kappa shape index (κ3) is 3.41. The summed E-state index contributed by atoms with van der Waals surface area (Å²) in [4.78, 5) is 33.7. The summed E-state index contributed by atoms with van der Waals surface area (Å²) >= 11 is 0. The van der Waals surface area contributed by atoms with E-state index < -0.39 is 6.03 Å². The minimum absolute atomic E-state index is 0.265. The first kappa shape index (κ1) is 16.4. The molecule has 128 valence electrons. The number of imide groups is 1. The van der Waals surface area contributed by atoms with Gasteiger partial charge in [-0.25, -0.2) is 9.78 Å². The highest BCUT2D eigenvalue weighted by atomic mass is 16.2. The second-order valence-corrected chi connectivity index (χ2v) is 6.22. The largest absolute Gasteiger partial charge is 0.342 e. The van der Waals surface area contributed by atoms with E-state index in [1.165, 1.54) is 7.05 Å². The molecule has 0 radical (unpaired) electrons. The van der Waals surface area contributed by atoms with Gasteiger partial charge in [-0.3, -0.25) is 15.0 Å². The van der Waals surface area contributed by atoms with E-state index in [2.05, 4.69) is 25.5 Å². The number of benzene rings is 1. The van der Waals surface area contributed by atoms with Crippen molar-refractivity contribution in [1.29, 1.82) is 0 Å². The molecule has 0 saturated carbocycles. The summed E-state index contributed by atoms with van der Waals surface area (Å²) in [6.45, 7) is 3.43. The van der Waals surface area contributed by atoms with Gasteiger partial charge in [-0.05, 0) is 38.4 Å². The van der Waals surface area contributed by atoms with Crippen molar-refractivity contribution in [3.63, 3.8) is 0 Å². The number of para-hydroxylation sites is 2. The van der Waals surface area contributed by atoms with Crippen LogP contribution in [0.15, 0.2) is 24.3 Å². The zero-order valence-corrected chi connectivity index (χ0v) is 14.0. The van der Waals surface area contributed by atoms with E-state index in [4.69, 9.17) is 0 Å². The first-order valence-corrected chi connectivity index (χ1v) is 8.29. The fourth-order valence-corrected chi connectivity index (χ4v) is 3.19. The van der Waals surface area contributed by atoms with Crippen LogP contribution in [0.2, 0.25) is 0 Å². The van der Waals surface area contributed by atoms with Gasteiger partial charge in [0.25, 0.3) is 0 Å². The van der Waals surface area contributed by atoms with Gasteiger partial charge in [-0.2, -0.15) is 0 Å². The monoisotopic (exact) mass is 329 g/mol. The SMILES string of the molecule is CNC(=O)NC(=O)[C@H](C)N1CCC[C@@H](c2nc3ccccc3[nH]2)C1. The predicted octanol–water partition coefficient (Wildman–Crippen LogP) is 1.59. The Bertz CT molecular complexity index is 708. The van der Waals surface area contributed by atoms with Gasteiger partial charge in [0.1, 0.15) is 5.82 Å². The molecule has 24 heavy (non-hydrogen) atoms. The normalized spacial score (nSPS) is 19.8. The fraction of sp³-hybridized carbons (Fsp3) is 0.471.